The molecule has 0 aliphatic rings. The summed E-state index contributed by atoms with van der Waals surface area (Å²) in [5.41, 5.74) is 1.52. The van der Waals surface area contributed by atoms with Gasteiger partial charge in [0.1, 0.15) is 11.6 Å². The normalized spacial score (nSPS) is 13.0. The van der Waals surface area contributed by atoms with Gasteiger partial charge in [-0.2, -0.15) is 11.3 Å². The van der Waals surface area contributed by atoms with E-state index in [1.165, 1.54) is 11.6 Å². The van der Waals surface area contributed by atoms with Gasteiger partial charge in [0.2, 0.25) is 0 Å². The third-order valence-corrected chi connectivity index (χ3v) is 4.15. The average Bonchev–Trinajstić information content (AvgIpc) is 3.07. The minimum Gasteiger partial charge on any atom is -0.357 e. The summed E-state index contributed by atoms with van der Waals surface area (Å²) >= 11 is 1.67. The molecule has 0 bridgehead atoms. The summed E-state index contributed by atoms with van der Waals surface area (Å²) in [4.78, 5) is 4.33. The monoisotopic (exact) mass is 337 g/mol. The summed E-state index contributed by atoms with van der Waals surface area (Å²) in [6, 6.07) is 5.51. The van der Waals surface area contributed by atoms with E-state index in [9.17, 15) is 8.78 Å². The van der Waals surface area contributed by atoms with E-state index in [2.05, 4.69) is 39.4 Å². The van der Waals surface area contributed by atoms with Crippen molar-refractivity contribution in [2.24, 2.45) is 4.99 Å². The quantitative estimate of drug-likeness (QED) is 0.620. The lowest BCUT2D eigenvalue weighted by Crippen LogP contribution is -2.39. The van der Waals surface area contributed by atoms with Crippen molar-refractivity contribution >= 4 is 17.3 Å². The SMILES string of the molecule is CCNC(=NCc1cc(F)ccc1F)NCC(C)c1ccsc1. The maximum absolute atomic E-state index is 13.6. The first kappa shape index (κ1) is 17.4. The first-order valence-electron chi connectivity index (χ1n) is 7.58. The van der Waals surface area contributed by atoms with E-state index in [1.54, 1.807) is 11.3 Å². The number of hydrogen-bond donors (Lipinski definition) is 2. The van der Waals surface area contributed by atoms with Gasteiger partial charge in [-0.15, -0.1) is 0 Å². The molecule has 0 aliphatic carbocycles. The molecule has 1 aromatic heterocycles. The van der Waals surface area contributed by atoms with E-state index in [-0.39, 0.29) is 12.1 Å². The molecule has 2 rings (SSSR count). The maximum atomic E-state index is 13.6. The Kier molecular flexibility index (Phi) is 6.52. The van der Waals surface area contributed by atoms with Gasteiger partial charge in [0.05, 0.1) is 6.54 Å². The number of nitrogens with zero attached hydrogens (tertiary/aromatic N) is 1. The Balaban J connectivity index is 1.98. The van der Waals surface area contributed by atoms with Gasteiger partial charge < -0.3 is 10.6 Å². The molecular formula is C17H21F2N3S. The zero-order valence-corrected chi connectivity index (χ0v) is 14.1. The molecule has 124 valence electrons. The Morgan fingerprint density at radius 1 is 1.26 bits per heavy atom. The molecule has 1 aromatic carbocycles. The Morgan fingerprint density at radius 3 is 2.78 bits per heavy atom. The molecule has 0 saturated carbocycles. The van der Waals surface area contributed by atoms with Gasteiger partial charge in [-0.3, -0.25) is 0 Å². The highest BCUT2D eigenvalue weighted by atomic mass is 32.1. The first-order valence-corrected chi connectivity index (χ1v) is 8.52. The highest BCUT2D eigenvalue weighted by Gasteiger charge is 2.08. The Bertz CT molecular complexity index is 641. The smallest absolute Gasteiger partial charge is 0.191 e. The van der Waals surface area contributed by atoms with Gasteiger partial charge in [-0.1, -0.05) is 6.92 Å². The highest BCUT2D eigenvalue weighted by Crippen LogP contribution is 2.17. The zero-order chi connectivity index (χ0) is 16.7. The third kappa shape index (κ3) is 5.32. The Labute approximate surface area is 139 Å². The van der Waals surface area contributed by atoms with E-state index in [0.717, 1.165) is 12.1 Å². The molecule has 0 spiro atoms. The number of guanidine groups is 1. The summed E-state index contributed by atoms with van der Waals surface area (Å²) in [6.45, 7) is 5.59. The summed E-state index contributed by atoms with van der Waals surface area (Å²) in [5, 5.41) is 10.5. The van der Waals surface area contributed by atoms with Crippen molar-refractivity contribution < 1.29 is 8.78 Å². The number of rotatable bonds is 6. The summed E-state index contributed by atoms with van der Waals surface area (Å²) < 4.78 is 26.8. The molecule has 0 fully saturated rings. The van der Waals surface area contributed by atoms with Crippen molar-refractivity contribution in [1.82, 2.24) is 10.6 Å². The summed E-state index contributed by atoms with van der Waals surface area (Å²) in [6.07, 6.45) is 0. The van der Waals surface area contributed by atoms with Crippen LogP contribution in [0.3, 0.4) is 0 Å². The van der Waals surface area contributed by atoms with E-state index >= 15 is 0 Å². The van der Waals surface area contributed by atoms with Crippen molar-refractivity contribution in [3.05, 3.63) is 57.8 Å². The van der Waals surface area contributed by atoms with Crippen molar-refractivity contribution in [3.63, 3.8) is 0 Å². The van der Waals surface area contributed by atoms with Crippen LogP contribution < -0.4 is 10.6 Å². The molecular weight excluding hydrogens is 316 g/mol. The lowest BCUT2D eigenvalue weighted by molar-refractivity contribution is 0.585. The van der Waals surface area contributed by atoms with Crippen LogP contribution in [0.25, 0.3) is 0 Å². The summed E-state index contributed by atoms with van der Waals surface area (Å²) in [5.74, 6) is 0.0348. The fourth-order valence-corrected chi connectivity index (χ4v) is 2.88. The molecule has 0 saturated heterocycles. The van der Waals surface area contributed by atoms with Crippen LogP contribution in [-0.2, 0) is 6.54 Å². The molecule has 1 heterocycles. The largest absolute Gasteiger partial charge is 0.357 e. The van der Waals surface area contributed by atoms with Crippen LogP contribution in [0.2, 0.25) is 0 Å². The van der Waals surface area contributed by atoms with Crippen LogP contribution in [0, 0.1) is 11.6 Å². The molecule has 1 unspecified atom stereocenters. The lowest BCUT2D eigenvalue weighted by Gasteiger charge is -2.15. The van der Waals surface area contributed by atoms with Crippen LogP contribution in [0.5, 0.6) is 0 Å². The molecule has 0 amide bonds. The third-order valence-electron chi connectivity index (χ3n) is 3.45. The average molecular weight is 337 g/mol. The summed E-state index contributed by atoms with van der Waals surface area (Å²) in [7, 11) is 0. The second-order valence-corrected chi connectivity index (χ2v) is 6.05. The van der Waals surface area contributed by atoms with Crippen molar-refractivity contribution in [2.45, 2.75) is 26.3 Å². The van der Waals surface area contributed by atoms with Gasteiger partial charge in [0.25, 0.3) is 0 Å². The van der Waals surface area contributed by atoms with Gasteiger partial charge in [0, 0.05) is 18.7 Å². The zero-order valence-electron chi connectivity index (χ0n) is 13.3. The second kappa shape index (κ2) is 8.62. The minimum absolute atomic E-state index is 0.0890. The Hall–Kier alpha value is -1.95. The molecule has 23 heavy (non-hydrogen) atoms. The number of thiophene rings is 1. The predicted molar refractivity (Wildman–Crippen MR) is 91.9 cm³/mol. The van der Waals surface area contributed by atoms with Crippen LogP contribution in [0.15, 0.2) is 40.0 Å². The molecule has 0 radical (unpaired) electrons. The van der Waals surface area contributed by atoms with Crippen LogP contribution in [0.1, 0.15) is 30.9 Å². The Morgan fingerprint density at radius 2 is 2.09 bits per heavy atom. The number of aliphatic imine (C=N–C) groups is 1. The minimum atomic E-state index is -0.458. The fraction of sp³-hybridized carbons (Fsp3) is 0.353. The fourth-order valence-electron chi connectivity index (χ4n) is 2.09. The first-order chi connectivity index (χ1) is 11.1. The standard InChI is InChI=1S/C17H21F2N3S/c1-3-20-17(21-9-12(2)13-6-7-23-11-13)22-10-14-8-15(18)4-5-16(14)19/h4-8,11-12H,3,9-10H2,1-2H3,(H2,20,21,22). The van der Waals surface area contributed by atoms with E-state index in [0.29, 0.717) is 25.0 Å². The highest BCUT2D eigenvalue weighted by molar-refractivity contribution is 7.07. The molecule has 3 nitrogen and oxygen atoms in total. The van der Waals surface area contributed by atoms with Gasteiger partial charge in [0.15, 0.2) is 5.96 Å². The topological polar surface area (TPSA) is 36.4 Å². The number of benzene rings is 1. The van der Waals surface area contributed by atoms with E-state index in [4.69, 9.17) is 0 Å². The number of hydrogen-bond acceptors (Lipinski definition) is 2. The van der Waals surface area contributed by atoms with Gasteiger partial charge in [-0.05, 0) is 53.4 Å². The number of nitrogens with one attached hydrogen (secondary N) is 2. The lowest BCUT2D eigenvalue weighted by atomic mass is 10.1. The van der Waals surface area contributed by atoms with Crippen LogP contribution >= 0.6 is 11.3 Å². The van der Waals surface area contributed by atoms with Crippen molar-refractivity contribution in [2.75, 3.05) is 13.1 Å². The van der Waals surface area contributed by atoms with Gasteiger partial charge >= 0.3 is 0 Å². The number of halogens is 2. The molecule has 1 atom stereocenters. The molecule has 0 aliphatic heterocycles. The van der Waals surface area contributed by atoms with Crippen LogP contribution in [-0.4, -0.2) is 19.0 Å². The predicted octanol–water partition coefficient (Wildman–Crippen LogP) is 3.89. The van der Waals surface area contributed by atoms with Gasteiger partial charge in [-0.25, -0.2) is 13.8 Å². The molecule has 2 N–H and O–H groups in total. The maximum Gasteiger partial charge on any atom is 0.191 e. The van der Waals surface area contributed by atoms with Crippen LogP contribution in [0.4, 0.5) is 8.78 Å². The molecule has 2 aromatic rings. The van der Waals surface area contributed by atoms with E-state index in [1.807, 2.05) is 6.92 Å². The van der Waals surface area contributed by atoms with E-state index < -0.39 is 11.6 Å². The van der Waals surface area contributed by atoms with Crippen molar-refractivity contribution in [1.29, 1.82) is 0 Å². The molecule has 6 heteroatoms. The second-order valence-electron chi connectivity index (χ2n) is 5.27. The van der Waals surface area contributed by atoms with Crippen molar-refractivity contribution in [3.8, 4) is 0 Å².